The van der Waals surface area contributed by atoms with Gasteiger partial charge in [-0.1, -0.05) is 23.2 Å². The molecule has 7 nitrogen and oxygen atoms in total. The monoisotopic (exact) mass is 378 g/mol. The second-order valence-electron chi connectivity index (χ2n) is 5.45. The molecule has 1 aromatic carbocycles. The number of aromatic nitrogens is 5. The number of hydrogen-bond donors (Lipinski definition) is 0. The summed E-state index contributed by atoms with van der Waals surface area (Å²) in [5.41, 5.74) is 2.47. The fourth-order valence-corrected chi connectivity index (χ4v) is 3.04. The Hall–Kier alpha value is -2.38. The number of hydrogen-bond acceptors (Lipinski definition) is 5. The van der Waals surface area contributed by atoms with Crippen molar-refractivity contribution < 1.29 is 4.74 Å². The number of rotatable bonds is 4. The molecule has 0 amide bonds. The molecule has 0 radical (unpaired) electrons. The van der Waals surface area contributed by atoms with Gasteiger partial charge in [0.15, 0.2) is 5.82 Å². The highest BCUT2D eigenvalue weighted by molar-refractivity contribution is 6.36. The van der Waals surface area contributed by atoms with E-state index in [1.54, 1.807) is 27.7 Å². The van der Waals surface area contributed by atoms with Crippen LogP contribution in [0, 0.1) is 20.8 Å². The Balaban J connectivity index is 2.07. The molecule has 130 valence electrons. The lowest BCUT2D eigenvalue weighted by atomic mass is 10.2. The summed E-state index contributed by atoms with van der Waals surface area (Å²) in [7, 11) is 1.54. The molecule has 0 fully saturated rings. The lowest BCUT2D eigenvalue weighted by molar-refractivity contribution is 0.414. The van der Waals surface area contributed by atoms with Crippen molar-refractivity contribution in [3.05, 3.63) is 51.0 Å². The fraction of sp³-hybridized carbons (Fsp3) is 0.250. The average molecular weight is 379 g/mol. The lowest BCUT2D eigenvalue weighted by Gasteiger charge is -2.08. The zero-order valence-electron chi connectivity index (χ0n) is 14.2. The maximum atomic E-state index is 6.16. The minimum Gasteiger partial charge on any atom is -0.495 e. The molecule has 3 aromatic rings. The van der Waals surface area contributed by atoms with Crippen LogP contribution in [0.25, 0.3) is 5.95 Å². The first kappa shape index (κ1) is 17.4. The molecule has 0 saturated carbocycles. The van der Waals surface area contributed by atoms with Gasteiger partial charge in [0, 0.05) is 16.3 Å². The summed E-state index contributed by atoms with van der Waals surface area (Å²) >= 11 is 12.2. The molecule has 0 bridgehead atoms. The van der Waals surface area contributed by atoms with E-state index in [2.05, 4.69) is 20.4 Å². The number of benzene rings is 1. The predicted octanol–water partition coefficient (Wildman–Crippen LogP) is 3.59. The molecule has 0 N–H and O–H groups in total. The molecular weight excluding hydrogens is 363 g/mol. The molecular formula is C16H16Cl2N6O. The van der Waals surface area contributed by atoms with Crippen molar-refractivity contribution in [1.82, 2.24) is 24.7 Å². The first-order chi connectivity index (χ1) is 11.9. The number of nitrogens with zero attached hydrogens (tertiary/aromatic N) is 6. The summed E-state index contributed by atoms with van der Waals surface area (Å²) in [5, 5.41) is 18.0. The SMILES string of the molecule is COc1c(Cl)cc(Cl)cc1/C=N/n1c(C)nnc1-n1nc(C)cc1C. The van der Waals surface area contributed by atoms with Crippen LogP contribution in [0.2, 0.25) is 10.0 Å². The van der Waals surface area contributed by atoms with Crippen LogP contribution >= 0.6 is 23.2 Å². The van der Waals surface area contributed by atoms with Gasteiger partial charge in [0.25, 0.3) is 5.95 Å². The molecule has 0 aliphatic carbocycles. The number of aryl methyl sites for hydroxylation is 3. The molecule has 2 heterocycles. The van der Waals surface area contributed by atoms with E-state index in [1.165, 1.54) is 7.11 Å². The third kappa shape index (κ3) is 3.38. The molecule has 25 heavy (non-hydrogen) atoms. The van der Waals surface area contributed by atoms with Crippen molar-refractivity contribution in [1.29, 1.82) is 0 Å². The van der Waals surface area contributed by atoms with E-state index in [-0.39, 0.29) is 0 Å². The quantitative estimate of drug-likeness (QED) is 0.650. The zero-order valence-corrected chi connectivity index (χ0v) is 15.7. The first-order valence-corrected chi connectivity index (χ1v) is 8.19. The minimum absolute atomic E-state index is 0.413. The normalized spacial score (nSPS) is 11.4. The highest BCUT2D eigenvalue weighted by atomic mass is 35.5. The topological polar surface area (TPSA) is 70.1 Å². The zero-order chi connectivity index (χ0) is 18.1. The van der Waals surface area contributed by atoms with Gasteiger partial charge >= 0.3 is 0 Å². The molecule has 9 heteroatoms. The standard InChI is InChI=1S/C16H16Cl2N6O/c1-9-5-10(2)23(22-9)16-21-20-11(3)24(16)19-8-12-6-13(17)7-14(18)15(12)25-4/h5-8H,1-4H3/b19-8+. The lowest BCUT2D eigenvalue weighted by Crippen LogP contribution is -2.08. The van der Waals surface area contributed by atoms with Gasteiger partial charge in [-0.2, -0.15) is 14.9 Å². The third-order valence-corrected chi connectivity index (χ3v) is 4.03. The van der Waals surface area contributed by atoms with Crippen molar-refractivity contribution in [2.45, 2.75) is 20.8 Å². The summed E-state index contributed by atoms with van der Waals surface area (Å²) in [6.45, 7) is 5.67. The van der Waals surface area contributed by atoms with Crippen LogP contribution in [0.5, 0.6) is 5.75 Å². The highest BCUT2D eigenvalue weighted by Crippen LogP contribution is 2.31. The largest absolute Gasteiger partial charge is 0.495 e. The van der Waals surface area contributed by atoms with Gasteiger partial charge in [0.05, 0.1) is 24.0 Å². The van der Waals surface area contributed by atoms with Crippen LogP contribution in [-0.2, 0) is 0 Å². The first-order valence-electron chi connectivity index (χ1n) is 7.43. The van der Waals surface area contributed by atoms with Gasteiger partial charge in [-0.25, -0.2) is 4.68 Å². The fourth-order valence-electron chi connectivity index (χ4n) is 2.46. The summed E-state index contributed by atoms with van der Waals surface area (Å²) in [6.07, 6.45) is 1.60. The summed E-state index contributed by atoms with van der Waals surface area (Å²) in [6, 6.07) is 5.29. The van der Waals surface area contributed by atoms with Gasteiger partial charge in [0.2, 0.25) is 0 Å². The van der Waals surface area contributed by atoms with E-state index in [4.69, 9.17) is 27.9 Å². The van der Waals surface area contributed by atoms with Crippen LogP contribution in [0.1, 0.15) is 22.8 Å². The second kappa shape index (κ2) is 6.85. The molecule has 0 aliphatic rings. The van der Waals surface area contributed by atoms with Crippen LogP contribution < -0.4 is 4.74 Å². The van der Waals surface area contributed by atoms with Crippen LogP contribution in [0.3, 0.4) is 0 Å². The van der Waals surface area contributed by atoms with Gasteiger partial charge in [-0.3, -0.25) is 0 Å². The van der Waals surface area contributed by atoms with E-state index in [9.17, 15) is 0 Å². The second-order valence-corrected chi connectivity index (χ2v) is 6.30. The smallest absolute Gasteiger partial charge is 0.273 e. The van der Waals surface area contributed by atoms with E-state index in [1.807, 2.05) is 26.8 Å². The highest BCUT2D eigenvalue weighted by Gasteiger charge is 2.14. The van der Waals surface area contributed by atoms with Crippen molar-refractivity contribution in [3.8, 4) is 11.7 Å². The Labute approximate surface area is 154 Å². The van der Waals surface area contributed by atoms with E-state index in [0.717, 1.165) is 11.4 Å². The third-order valence-electron chi connectivity index (χ3n) is 3.53. The van der Waals surface area contributed by atoms with Gasteiger partial charge < -0.3 is 4.74 Å². The van der Waals surface area contributed by atoms with Crippen molar-refractivity contribution in [2.24, 2.45) is 5.10 Å². The van der Waals surface area contributed by atoms with Gasteiger partial charge in [0.1, 0.15) is 5.75 Å². The molecule has 0 aliphatic heterocycles. The van der Waals surface area contributed by atoms with Crippen molar-refractivity contribution in [3.63, 3.8) is 0 Å². The Morgan fingerprint density at radius 3 is 2.52 bits per heavy atom. The molecule has 0 unspecified atom stereocenters. The van der Waals surface area contributed by atoms with Gasteiger partial charge in [-0.15, -0.1) is 10.2 Å². The van der Waals surface area contributed by atoms with E-state index >= 15 is 0 Å². The molecule has 0 atom stereocenters. The average Bonchev–Trinajstić information content (AvgIpc) is 3.06. The summed E-state index contributed by atoms with van der Waals surface area (Å²) in [5.74, 6) is 1.60. The Morgan fingerprint density at radius 2 is 1.88 bits per heavy atom. The number of halogens is 2. The van der Waals surface area contributed by atoms with Crippen LogP contribution in [-0.4, -0.2) is 38.0 Å². The Kier molecular flexibility index (Phi) is 4.78. The molecule has 2 aromatic heterocycles. The Morgan fingerprint density at radius 1 is 1.12 bits per heavy atom. The maximum Gasteiger partial charge on any atom is 0.273 e. The summed E-state index contributed by atoms with van der Waals surface area (Å²) in [4.78, 5) is 0. The summed E-state index contributed by atoms with van der Waals surface area (Å²) < 4.78 is 8.61. The van der Waals surface area contributed by atoms with Crippen molar-refractivity contribution >= 4 is 29.4 Å². The molecule has 0 saturated heterocycles. The Bertz CT molecular complexity index is 960. The number of methoxy groups -OCH3 is 1. The van der Waals surface area contributed by atoms with E-state index < -0.39 is 0 Å². The van der Waals surface area contributed by atoms with Crippen LogP contribution in [0.15, 0.2) is 23.3 Å². The van der Waals surface area contributed by atoms with E-state index in [0.29, 0.717) is 33.1 Å². The minimum atomic E-state index is 0.413. The maximum absolute atomic E-state index is 6.16. The predicted molar refractivity (Wildman–Crippen MR) is 97.4 cm³/mol. The number of ether oxygens (including phenoxy) is 1. The molecule has 0 spiro atoms. The van der Waals surface area contributed by atoms with Crippen molar-refractivity contribution in [2.75, 3.05) is 7.11 Å². The van der Waals surface area contributed by atoms with Crippen LogP contribution in [0.4, 0.5) is 0 Å². The molecule has 3 rings (SSSR count). The van der Waals surface area contributed by atoms with Gasteiger partial charge in [-0.05, 0) is 39.0 Å².